The van der Waals surface area contributed by atoms with Crippen molar-refractivity contribution < 1.29 is 28.1 Å². The van der Waals surface area contributed by atoms with Gasteiger partial charge in [-0.2, -0.15) is 0 Å². The molecule has 186 valence electrons. The molecule has 0 bridgehead atoms. The maximum absolute atomic E-state index is 13.9. The Kier molecular flexibility index (Phi) is 6.45. The van der Waals surface area contributed by atoms with E-state index in [1.807, 2.05) is 36.9 Å². The van der Waals surface area contributed by atoms with Gasteiger partial charge in [0.05, 0.1) is 19.0 Å². The molecule has 0 aromatic heterocycles. The first-order valence-corrected chi connectivity index (χ1v) is 12.2. The predicted molar refractivity (Wildman–Crippen MR) is 130 cm³/mol. The Hall–Kier alpha value is -3.06. The summed E-state index contributed by atoms with van der Waals surface area (Å²) < 4.78 is 37.6. The van der Waals surface area contributed by atoms with E-state index in [0.717, 1.165) is 16.9 Å². The summed E-state index contributed by atoms with van der Waals surface area (Å²) in [6, 6.07) is 5.59. The van der Waals surface area contributed by atoms with Gasteiger partial charge >= 0.3 is 0 Å². The van der Waals surface area contributed by atoms with Crippen molar-refractivity contribution >= 4 is 5.91 Å². The smallest absolute Gasteiger partial charge is 0.253 e. The standard InChI is InChI=1S/C28H32FNO5/c1-18(2)33-26-15-28(35-25-9-6-21(29)5-7-23(25)26)10-12-30(13-11-28)27(31)20-4-8-24(19(3)14-20)34-22-16-32-17-22/h4-6,8-9,14,22,26H,1,7,10-13,15-17H2,2-3H3. The van der Waals surface area contributed by atoms with Gasteiger partial charge < -0.3 is 23.8 Å². The van der Waals surface area contributed by atoms with Gasteiger partial charge in [0.2, 0.25) is 0 Å². The lowest BCUT2D eigenvalue weighted by molar-refractivity contribution is -0.0847. The lowest BCUT2D eigenvalue weighted by Crippen LogP contribution is -2.51. The number of piperidine rings is 1. The molecule has 2 fully saturated rings. The highest BCUT2D eigenvalue weighted by Crippen LogP contribution is 2.43. The van der Waals surface area contributed by atoms with Gasteiger partial charge in [0.1, 0.15) is 35.1 Å². The van der Waals surface area contributed by atoms with E-state index in [1.165, 1.54) is 6.08 Å². The largest absolute Gasteiger partial charge is 0.491 e. The lowest BCUT2D eigenvalue weighted by atomic mass is 9.80. The Labute approximate surface area is 205 Å². The second-order valence-electron chi connectivity index (χ2n) is 9.86. The van der Waals surface area contributed by atoms with E-state index in [9.17, 15) is 9.18 Å². The van der Waals surface area contributed by atoms with Crippen molar-refractivity contribution in [1.82, 2.24) is 4.90 Å². The summed E-state index contributed by atoms with van der Waals surface area (Å²) in [6.45, 7) is 10.1. The van der Waals surface area contributed by atoms with E-state index in [1.54, 1.807) is 12.2 Å². The highest BCUT2D eigenvalue weighted by Gasteiger charge is 2.45. The third-order valence-corrected chi connectivity index (χ3v) is 7.13. The van der Waals surface area contributed by atoms with E-state index in [-0.39, 0.29) is 23.9 Å². The molecule has 2 saturated heterocycles. The number of benzene rings is 1. The molecule has 1 aliphatic carbocycles. The molecule has 1 spiro atoms. The number of carbonyl (C=O) groups excluding carboxylic acids is 1. The first-order chi connectivity index (χ1) is 16.8. The summed E-state index contributed by atoms with van der Waals surface area (Å²) in [4.78, 5) is 15.1. The molecule has 3 aliphatic heterocycles. The Morgan fingerprint density at radius 3 is 2.66 bits per heavy atom. The van der Waals surface area contributed by atoms with Crippen molar-refractivity contribution in [3.05, 3.63) is 77.1 Å². The molecule has 0 radical (unpaired) electrons. The average Bonchev–Trinajstić information content (AvgIpc) is 2.98. The Balaban J connectivity index is 1.27. The minimum absolute atomic E-state index is 0.00700. The Morgan fingerprint density at radius 2 is 2.00 bits per heavy atom. The third kappa shape index (κ3) is 5.01. The van der Waals surface area contributed by atoms with Gasteiger partial charge in [-0.1, -0.05) is 6.58 Å². The number of allylic oxidation sites excluding steroid dienone is 5. The molecule has 1 atom stereocenters. The SMILES string of the molecule is C=C(C)OC1CC2(CCN(C(=O)c3ccc(OC4COC4)c(C)c3)CC2)OC2=C1CC=C(F)C=C2. The fourth-order valence-electron chi connectivity index (χ4n) is 5.10. The molecule has 0 N–H and O–H groups in total. The monoisotopic (exact) mass is 481 g/mol. The number of nitrogens with zero attached hydrogens (tertiary/aromatic N) is 1. The van der Waals surface area contributed by atoms with E-state index in [2.05, 4.69) is 6.58 Å². The predicted octanol–water partition coefficient (Wildman–Crippen LogP) is 5.15. The molecular weight excluding hydrogens is 449 g/mol. The summed E-state index contributed by atoms with van der Waals surface area (Å²) in [5, 5.41) is 0. The number of hydrogen-bond donors (Lipinski definition) is 0. The summed E-state index contributed by atoms with van der Waals surface area (Å²) in [5.74, 6) is 1.82. The number of likely N-dealkylation sites (tertiary alicyclic amines) is 1. The normalized spacial score (nSPS) is 23.6. The van der Waals surface area contributed by atoms with Crippen molar-refractivity contribution in [3.63, 3.8) is 0 Å². The highest BCUT2D eigenvalue weighted by atomic mass is 19.1. The van der Waals surface area contributed by atoms with Crippen LogP contribution in [0.4, 0.5) is 4.39 Å². The van der Waals surface area contributed by atoms with Gasteiger partial charge in [-0.25, -0.2) is 4.39 Å². The molecule has 4 aliphatic rings. The van der Waals surface area contributed by atoms with E-state index in [0.29, 0.717) is 69.1 Å². The van der Waals surface area contributed by atoms with Crippen LogP contribution in [-0.4, -0.2) is 54.9 Å². The minimum atomic E-state index is -0.459. The van der Waals surface area contributed by atoms with Gasteiger partial charge in [-0.15, -0.1) is 0 Å². The van der Waals surface area contributed by atoms with Crippen molar-refractivity contribution in [1.29, 1.82) is 0 Å². The van der Waals surface area contributed by atoms with Crippen LogP contribution in [0.3, 0.4) is 0 Å². The van der Waals surface area contributed by atoms with Crippen LogP contribution in [-0.2, 0) is 14.2 Å². The quantitative estimate of drug-likeness (QED) is 0.544. The molecule has 1 aromatic rings. The zero-order valence-corrected chi connectivity index (χ0v) is 20.3. The molecule has 35 heavy (non-hydrogen) atoms. The first-order valence-electron chi connectivity index (χ1n) is 12.2. The van der Waals surface area contributed by atoms with Gasteiger partial charge in [-0.05, 0) is 62.3 Å². The van der Waals surface area contributed by atoms with E-state index in [4.69, 9.17) is 18.9 Å². The number of halogens is 1. The second kappa shape index (κ2) is 9.53. The van der Waals surface area contributed by atoms with Crippen molar-refractivity contribution in [3.8, 4) is 5.75 Å². The molecule has 3 heterocycles. The number of ether oxygens (including phenoxy) is 4. The van der Waals surface area contributed by atoms with Crippen LogP contribution in [0.25, 0.3) is 0 Å². The topological polar surface area (TPSA) is 57.2 Å². The maximum atomic E-state index is 13.9. The lowest BCUT2D eigenvalue weighted by Gasteiger charge is -2.47. The van der Waals surface area contributed by atoms with Crippen LogP contribution in [0.15, 0.2) is 65.9 Å². The Morgan fingerprint density at radius 1 is 1.23 bits per heavy atom. The maximum Gasteiger partial charge on any atom is 0.253 e. The molecular formula is C28H32FNO5. The third-order valence-electron chi connectivity index (χ3n) is 7.13. The molecule has 0 saturated carbocycles. The van der Waals surface area contributed by atoms with Gasteiger partial charge in [0.15, 0.2) is 0 Å². The van der Waals surface area contributed by atoms with Crippen LogP contribution in [0, 0.1) is 6.92 Å². The number of hydrogen-bond acceptors (Lipinski definition) is 5. The van der Waals surface area contributed by atoms with Crippen molar-refractivity contribution in [2.45, 2.75) is 57.3 Å². The summed E-state index contributed by atoms with van der Waals surface area (Å²) in [5.41, 5.74) is 2.07. The molecule has 5 rings (SSSR count). The van der Waals surface area contributed by atoms with Gasteiger partial charge in [-0.3, -0.25) is 4.79 Å². The summed E-state index contributed by atoms with van der Waals surface area (Å²) in [6.07, 6.45) is 7.01. The zero-order valence-electron chi connectivity index (χ0n) is 20.3. The van der Waals surface area contributed by atoms with Gasteiger partial charge in [0, 0.05) is 43.5 Å². The first kappa shape index (κ1) is 23.7. The second-order valence-corrected chi connectivity index (χ2v) is 9.86. The fraction of sp³-hybridized carbons (Fsp3) is 0.464. The van der Waals surface area contributed by atoms with E-state index >= 15 is 0 Å². The van der Waals surface area contributed by atoms with E-state index < -0.39 is 5.60 Å². The highest BCUT2D eigenvalue weighted by molar-refractivity contribution is 5.94. The molecule has 6 nitrogen and oxygen atoms in total. The average molecular weight is 482 g/mol. The fourth-order valence-corrected chi connectivity index (χ4v) is 5.10. The van der Waals surface area contributed by atoms with Crippen LogP contribution in [0.1, 0.15) is 48.5 Å². The zero-order chi connectivity index (χ0) is 24.6. The molecule has 7 heteroatoms. The van der Waals surface area contributed by atoms with Gasteiger partial charge in [0.25, 0.3) is 5.91 Å². The number of carbonyl (C=O) groups is 1. The van der Waals surface area contributed by atoms with Crippen LogP contribution >= 0.6 is 0 Å². The van der Waals surface area contributed by atoms with Crippen LogP contribution in [0.2, 0.25) is 0 Å². The molecule has 1 aromatic carbocycles. The van der Waals surface area contributed by atoms with Crippen LogP contribution in [0.5, 0.6) is 5.75 Å². The summed E-state index contributed by atoms with van der Waals surface area (Å²) in [7, 11) is 0. The molecule has 1 unspecified atom stereocenters. The molecule has 1 amide bonds. The van der Waals surface area contributed by atoms with Crippen LogP contribution < -0.4 is 4.74 Å². The van der Waals surface area contributed by atoms with Crippen molar-refractivity contribution in [2.75, 3.05) is 26.3 Å². The van der Waals surface area contributed by atoms with Crippen molar-refractivity contribution in [2.24, 2.45) is 0 Å². The Bertz CT molecular complexity index is 1110. The summed E-state index contributed by atoms with van der Waals surface area (Å²) >= 11 is 0. The number of rotatable bonds is 5. The number of amides is 1. The number of aryl methyl sites for hydroxylation is 1. The minimum Gasteiger partial charge on any atom is -0.491 e.